The van der Waals surface area contributed by atoms with E-state index in [9.17, 15) is 4.79 Å². The minimum Gasteiger partial charge on any atom is -0.494 e. The third kappa shape index (κ3) is 6.01. The molecule has 19 heavy (non-hydrogen) atoms. The Morgan fingerprint density at radius 3 is 2.42 bits per heavy atom. The first-order valence-electron chi connectivity index (χ1n) is 6.58. The monoisotopic (exact) mass is 282 g/mol. The van der Waals surface area contributed by atoms with Gasteiger partial charge in [0.25, 0.3) is 0 Å². The van der Waals surface area contributed by atoms with Gasteiger partial charge >= 0.3 is 5.97 Å². The van der Waals surface area contributed by atoms with E-state index in [0.717, 1.165) is 17.9 Å². The zero-order valence-electron chi connectivity index (χ0n) is 11.8. The maximum absolute atomic E-state index is 10.7. The summed E-state index contributed by atoms with van der Waals surface area (Å²) in [5.74, 6) is 1.61. The molecule has 1 aromatic rings. The fraction of sp³-hybridized carbons (Fsp3) is 0.533. The Morgan fingerprint density at radius 2 is 1.89 bits per heavy atom. The van der Waals surface area contributed by atoms with Gasteiger partial charge in [-0.15, -0.1) is 0 Å². The Labute approximate surface area is 119 Å². The summed E-state index contributed by atoms with van der Waals surface area (Å²) in [5, 5.41) is 9.45. The lowest BCUT2D eigenvalue weighted by Gasteiger charge is -2.14. The third-order valence-electron chi connectivity index (χ3n) is 2.98. The molecule has 0 saturated heterocycles. The fourth-order valence-corrected chi connectivity index (χ4v) is 2.45. The Hall–Kier alpha value is -1.16. The van der Waals surface area contributed by atoms with Crippen molar-refractivity contribution in [3.05, 3.63) is 29.8 Å². The molecule has 1 N–H and O–H groups in total. The smallest absolute Gasteiger partial charge is 0.335 e. The van der Waals surface area contributed by atoms with Crippen molar-refractivity contribution in [3.8, 4) is 5.75 Å². The molecule has 106 valence electrons. The van der Waals surface area contributed by atoms with Crippen LogP contribution in [0.25, 0.3) is 0 Å². The lowest BCUT2D eigenvalue weighted by molar-refractivity contribution is 0.0697. The van der Waals surface area contributed by atoms with Gasteiger partial charge in [0.15, 0.2) is 0 Å². The van der Waals surface area contributed by atoms with Crippen molar-refractivity contribution < 1.29 is 14.6 Å². The molecule has 1 aromatic carbocycles. The summed E-state index contributed by atoms with van der Waals surface area (Å²) in [6.45, 7) is 7.39. The second-order valence-corrected chi connectivity index (χ2v) is 6.34. The van der Waals surface area contributed by atoms with E-state index < -0.39 is 5.97 Å². The second kappa shape index (κ2) is 8.10. The quantitative estimate of drug-likeness (QED) is 0.734. The molecule has 1 unspecified atom stereocenters. The van der Waals surface area contributed by atoms with E-state index in [-0.39, 0.29) is 5.56 Å². The zero-order valence-corrected chi connectivity index (χ0v) is 12.6. The van der Waals surface area contributed by atoms with Crippen LogP contribution in [0.15, 0.2) is 24.3 Å². The first-order valence-corrected chi connectivity index (χ1v) is 7.63. The Bertz CT molecular complexity index is 387. The summed E-state index contributed by atoms with van der Waals surface area (Å²) in [6, 6.07) is 6.53. The molecule has 0 aliphatic rings. The van der Waals surface area contributed by atoms with Gasteiger partial charge in [-0.05, 0) is 42.4 Å². The largest absolute Gasteiger partial charge is 0.494 e. The zero-order chi connectivity index (χ0) is 14.3. The number of carboxylic acids is 1. The maximum atomic E-state index is 10.7. The molecule has 0 bridgehead atoms. The van der Waals surface area contributed by atoms with Crippen LogP contribution >= 0.6 is 11.8 Å². The van der Waals surface area contributed by atoms with E-state index >= 15 is 0 Å². The number of thioether (sulfide) groups is 1. The van der Waals surface area contributed by atoms with Gasteiger partial charge in [0, 0.05) is 5.25 Å². The van der Waals surface area contributed by atoms with Crippen LogP contribution in [0, 0.1) is 5.92 Å². The number of aromatic carboxylic acids is 1. The minimum atomic E-state index is -0.911. The van der Waals surface area contributed by atoms with Gasteiger partial charge in [0.1, 0.15) is 5.75 Å². The number of benzene rings is 1. The van der Waals surface area contributed by atoms with Crippen molar-refractivity contribution in [1.29, 1.82) is 0 Å². The average molecular weight is 282 g/mol. The summed E-state index contributed by atoms with van der Waals surface area (Å²) in [4.78, 5) is 10.7. The van der Waals surface area contributed by atoms with Gasteiger partial charge in [-0.1, -0.05) is 20.8 Å². The van der Waals surface area contributed by atoms with E-state index in [2.05, 4.69) is 20.8 Å². The van der Waals surface area contributed by atoms with Crippen molar-refractivity contribution in [3.63, 3.8) is 0 Å². The number of carbonyl (C=O) groups is 1. The van der Waals surface area contributed by atoms with Crippen LogP contribution in [0.4, 0.5) is 0 Å². The topological polar surface area (TPSA) is 46.5 Å². The Kier molecular flexibility index (Phi) is 6.78. The number of hydrogen-bond acceptors (Lipinski definition) is 3. The molecule has 1 rings (SSSR count). The summed E-state index contributed by atoms with van der Waals surface area (Å²) in [6.07, 6.45) is 1.00. The van der Waals surface area contributed by atoms with Gasteiger partial charge in [0.05, 0.1) is 12.2 Å². The molecule has 0 radical (unpaired) electrons. The molecule has 0 heterocycles. The first kappa shape index (κ1) is 15.9. The van der Waals surface area contributed by atoms with Crippen molar-refractivity contribution in [1.82, 2.24) is 0 Å². The lowest BCUT2D eigenvalue weighted by atomic mass is 10.2. The van der Waals surface area contributed by atoms with E-state index in [4.69, 9.17) is 9.84 Å². The number of rotatable bonds is 8. The van der Waals surface area contributed by atoms with E-state index in [1.807, 2.05) is 11.8 Å². The van der Waals surface area contributed by atoms with Gasteiger partial charge in [-0.2, -0.15) is 11.8 Å². The molecular formula is C15H22O3S. The summed E-state index contributed by atoms with van der Waals surface area (Å²) < 4.78 is 5.58. The number of hydrogen-bond donors (Lipinski definition) is 1. The van der Waals surface area contributed by atoms with Gasteiger partial charge in [-0.25, -0.2) is 4.79 Å². The predicted molar refractivity (Wildman–Crippen MR) is 80.3 cm³/mol. The Balaban J connectivity index is 2.21. The van der Waals surface area contributed by atoms with Crippen LogP contribution in [0.1, 0.15) is 37.6 Å². The highest BCUT2D eigenvalue weighted by atomic mass is 32.2. The standard InChI is InChI=1S/C15H22O3S/c1-11(2)12(3)19-10-4-9-18-14-7-5-13(6-8-14)15(16)17/h5-8,11-12H,4,9-10H2,1-3H3,(H,16,17). The molecule has 0 spiro atoms. The molecule has 0 amide bonds. The van der Waals surface area contributed by atoms with Gasteiger partial charge in [-0.3, -0.25) is 0 Å². The van der Waals surface area contributed by atoms with Crippen LogP contribution in [-0.4, -0.2) is 28.7 Å². The third-order valence-corrected chi connectivity index (χ3v) is 4.57. The fourth-order valence-electron chi connectivity index (χ4n) is 1.40. The second-order valence-electron chi connectivity index (χ2n) is 4.85. The molecule has 0 aliphatic carbocycles. The van der Waals surface area contributed by atoms with Crippen LogP contribution in [0.2, 0.25) is 0 Å². The molecule has 0 fully saturated rings. The predicted octanol–water partition coefficient (Wildman–Crippen LogP) is 3.93. The lowest BCUT2D eigenvalue weighted by Crippen LogP contribution is -2.08. The number of carboxylic acid groups (broad SMARTS) is 1. The van der Waals surface area contributed by atoms with Crippen molar-refractivity contribution in [2.75, 3.05) is 12.4 Å². The van der Waals surface area contributed by atoms with E-state index in [0.29, 0.717) is 17.8 Å². The molecule has 3 nitrogen and oxygen atoms in total. The average Bonchev–Trinajstić information content (AvgIpc) is 2.38. The molecular weight excluding hydrogens is 260 g/mol. The van der Waals surface area contributed by atoms with Crippen molar-refractivity contribution in [2.24, 2.45) is 5.92 Å². The van der Waals surface area contributed by atoms with Gasteiger partial charge < -0.3 is 9.84 Å². The molecule has 0 aliphatic heterocycles. The maximum Gasteiger partial charge on any atom is 0.335 e. The molecule has 4 heteroatoms. The Morgan fingerprint density at radius 1 is 1.26 bits per heavy atom. The number of ether oxygens (including phenoxy) is 1. The van der Waals surface area contributed by atoms with Crippen LogP contribution in [0.3, 0.4) is 0 Å². The highest BCUT2D eigenvalue weighted by molar-refractivity contribution is 7.99. The summed E-state index contributed by atoms with van der Waals surface area (Å²) in [5.41, 5.74) is 0.286. The highest BCUT2D eigenvalue weighted by Gasteiger charge is 2.06. The molecule has 1 atom stereocenters. The van der Waals surface area contributed by atoms with Crippen molar-refractivity contribution in [2.45, 2.75) is 32.4 Å². The SMILES string of the molecule is CC(C)C(C)SCCCOc1ccc(C(=O)O)cc1. The van der Waals surface area contributed by atoms with Crippen LogP contribution in [-0.2, 0) is 0 Å². The first-order chi connectivity index (χ1) is 9.00. The van der Waals surface area contributed by atoms with Crippen LogP contribution in [0.5, 0.6) is 5.75 Å². The van der Waals surface area contributed by atoms with E-state index in [1.165, 1.54) is 0 Å². The summed E-state index contributed by atoms with van der Waals surface area (Å²) in [7, 11) is 0. The normalized spacial score (nSPS) is 12.4. The molecule has 0 aromatic heterocycles. The minimum absolute atomic E-state index is 0.286. The molecule has 0 saturated carbocycles. The van der Waals surface area contributed by atoms with Crippen LogP contribution < -0.4 is 4.74 Å². The van der Waals surface area contributed by atoms with Gasteiger partial charge in [0.2, 0.25) is 0 Å². The highest BCUT2D eigenvalue weighted by Crippen LogP contribution is 2.19. The van der Waals surface area contributed by atoms with E-state index in [1.54, 1.807) is 24.3 Å². The van der Waals surface area contributed by atoms with Crippen molar-refractivity contribution >= 4 is 17.7 Å². The summed E-state index contributed by atoms with van der Waals surface area (Å²) >= 11 is 1.97.